The standard InChI is InChI=1S/C7H11NO/c1-6-4-8-3-2-7(6)5-9/h3,9H,2,4-5H2,1H3. The Morgan fingerprint density at radius 1 is 1.78 bits per heavy atom. The van der Waals surface area contributed by atoms with E-state index in [0.29, 0.717) is 0 Å². The summed E-state index contributed by atoms with van der Waals surface area (Å²) < 4.78 is 0. The minimum absolute atomic E-state index is 0.192. The minimum Gasteiger partial charge on any atom is -0.392 e. The van der Waals surface area contributed by atoms with Crippen molar-refractivity contribution in [2.24, 2.45) is 4.99 Å². The van der Waals surface area contributed by atoms with E-state index >= 15 is 0 Å². The summed E-state index contributed by atoms with van der Waals surface area (Å²) in [6.45, 7) is 2.98. The first-order valence-corrected chi connectivity index (χ1v) is 3.11. The number of dihydropyridines is 1. The number of hydrogen-bond donors (Lipinski definition) is 1. The molecule has 0 spiro atoms. The van der Waals surface area contributed by atoms with Gasteiger partial charge in [-0.15, -0.1) is 0 Å². The van der Waals surface area contributed by atoms with Crippen LogP contribution in [0.1, 0.15) is 13.3 Å². The van der Waals surface area contributed by atoms with Crippen LogP contribution in [0.15, 0.2) is 16.1 Å². The van der Waals surface area contributed by atoms with Crippen LogP contribution in [-0.2, 0) is 0 Å². The number of rotatable bonds is 1. The maximum atomic E-state index is 8.74. The summed E-state index contributed by atoms with van der Waals surface area (Å²) in [5.74, 6) is 0. The number of aliphatic hydroxyl groups excluding tert-OH is 1. The smallest absolute Gasteiger partial charge is 0.0648 e. The van der Waals surface area contributed by atoms with E-state index in [1.807, 2.05) is 13.1 Å². The summed E-state index contributed by atoms with van der Waals surface area (Å²) in [5.41, 5.74) is 2.35. The SMILES string of the molecule is CC1=C(CO)CC=NC1. The molecule has 50 valence electrons. The van der Waals surface area contributed by atoms with E-state index in [9.17, 15) is 0 Å². The first-order chi connectivity index (χ1) is 4.34. The molecule has 1 rings (SSSR count). The van der Waals surface area contributed by atoms with Gasteiger partial charge in [-0.3, -0.25) is 4.99 Å². The highest BCUT2D eigenvalue weighted by Crippen LogP contribution is 2.10. The molecule has 1 aliphatic rings. The molecule has 0 unspecified atom stereocenters. The third kappa shape index (κ3) is 1.39. The fourth-order valence-corrected chi connectivity index (χ4v) is 0.862. The molecule has 0 bridgehead atoms. The summed E-state index contributed by atoms with van der Waals surface area (Å²) in [5, 5.41) is 8.74. The van der Waals surface area contributed by atoms with Crippen LogP contribution >= 0.6 is 0 Å². The van der Waals surface area contributed by atoms with E-state index in [2.05, 4.69) is 4.99 Å². The average Bonchev–Trinajstić information content (AvgIpc) is 1.89. The third-order valence-electron chi connectivity index (χ3n) is 1.59. The largest absolute Gasteiger partial charge is 0.392 e. The second kappa shape index (κ2) is 2.78. The van der Waals surface area contributed by atoms with Gasteiger partial charge in [0.05, 0.1) is 13.2 Å². The minimum atomic E-state index is 0.192. The Labute approximate surface area is 54.9 Å². The van der Waals surface area contributed by atoms with Gasteiger partial charge in [-0.25, -0.2) is 0 Å². The lowest BCUT2D eigenvalue weighted by molar-refractivity contribution is 0.328. The fraction of sp³-hybridized carbons (Fsp3) is 0.571. The highest BCUT2D eigenvalue weighted by Gasteiger charge is 2.02. The van der Waals surface area contributed by atoms with Crippen molar-refractivity contribution in [2.45, 2.75) is 13.3 Å². The van der Waals surface area contributed by atoms with E-state index in [0.717, 1.165) is 18.5 Å². The lowest BCUT2D eigenvalue weighted by Gasteiger charge is -2.09. The quantitative estimate of drug-likeness (QED) is 0.516. The maximum Gasteiger partial charge on any atom is 0.0648 e. The number of aliphatic imine (C=N–C) groups is 1. The molecule has 0 aromatic heterocycles. The maximum absolute atomic E-state index is 8.74. The lowest BCUT2D eigenvalue weighted by atomic mass is 10.1. The number of aliphatic hydroxyl groups is 1. The molecule has 0 amide bonds. The van der Waals surface area contributed by atoms with Crippen molar-refractivity contribution in [3.8, 4) is 0 Å². The molecule has 1 aliphatic heterocycles. The zero-order valence-electron chi connectivity index (χ0n) is 5.59. The molecule has 1 heterocycles. The summed E-state index contributed by atoms with van der Waals surface area (Å²) in [4.78, 5) is 4.06. The molecule has 0 fully saturated rings. The van der Waals surface area contributed by atoms with Crippen molar-refractivity contribution < 1.29 is 5.11 Å². The van der Waals surface area contributed by atoms with Crippen LogP contribution in [0, 0.1) is 0 Å². The molecular weight excluding hydrogens is 114 g/mol. The van der Waals surface area contributed by atoms with Crippen LogP contribution in [0.25, 0.3) is 0 Å². The Morgan fingerprint density at radius 2 is 2.56 bits per heavy atom. The van der Waals surface area contributed by atoms with Crippen LogP contribution < -0.4 is 0 Å². The van der Waals surface area contributed by atoms with Crippen molar-refractivity contribution >= 4 is 6.21 Å². The molecule has 0 aliphatic carbocycles. The van der Waals surface area contributed by atoms with E-state index in [4.69, 9.17) is 5.11 Å². The fourth-order valence-electron chi connectivity index (χ4n) is 0.862. The lowest BCUT2D eigenvalue weighted by Crippen LogP contribution is -2.03. The Kier molecular flexibility index (Phi) is 2.01. The second-order valence-electron chi connectivity index (χ2n) is 2.27. The van der Waals surface area contributed by atoms with Gasteiger partial charge in [-0.2, -0.15) is 0 Å². The molecule has 0 aromatic rings. The van der Waals surface area contributed by atoms with Gasteiger partial charge in [0.2, 0.25) is 0 Å². The van der Waals surface area contributed by atoms with Gasteiger partial charge < -0.3 is 5.11 Å². The molecule has 0 saturated heterocycles. The molecule has 2 heteroatoms. The topological polar surface area (TPSA) is 32.6 Å². The molecule has 0 saturated carbocycles. The predicted molar refractivity (Wildman–Crippen MR) is 37.8 cm³/mol. The van der Waals surface area contributed by atoms with Crippen LogP contribution in [0.2, 0.25) is 0 Å². The van der Waals surface area contributed by atoms with Gasteiger partial charge in [-0.1, -0.05) is 5.57 Å². The van der Waals surface area contributed by atoms with Crippen molar-refractivity contribution in [1.29, 1.82) is 0 Å². The van der Waals surface area contributed by atoms with Crippen molar-refractivity contribution in [1.82, 2.24) is 0 Å². The zero-order chi connectivity index (χ0) is 6.69. The van der Waals surface area contributed by atoms with Gasteiger partial charge in [0.1, 0.15) is 0 Å². The Bertz CT molecular complexity index is 158. The van der Waals surface area contributed by atoms with E-state index < -0.39 is 0 Å². The second-order valence-corrected chi connectivity index (χ2v) is 2.27. The Morgan fingerprint density at radius 3 is 3.00 bits per heavy atom. The Balaban J connectivity index is 2.64. The van der Waals surface area contributed by atoms with Gasteiger partial charge >= 0.3 is 0 Å². The van der Waals surface area contributed by atoms with Crippen molar-refractivity contribution in [2.75, 3.05) is 13.2 Å². The van der Waals surface area contributed by atoms with E-state index in [1.165, 1.54) is 5.57 Å². The van der Waals surface area contributed by atoms with Gasteiger partial charge in [0.25, 0.3) is 0 Å². The summed E-state index contributed by atoms with van der Waals surface area (Å²) in [6, 6.07) is 0. The van der Waals surface area contributed by atoms with Gasteiger partial charge in [-0.05, 0) is 12.5 Å². The molecule has 0 aromatic carbocycles. The first-order valence-electron chi connectivity index (χ1n) is 3.11. The van der Waals surface area contributed by atoms with E-state index in [1.54, 1.807) is 0 Å². The van der Waals surface area contributed by atoms with Crippen LogP contribution in [0.3, 0.4) is 0 Å². The van der Waals surface area contributed by atoms with Gasteiger partial charge in [0, 0.05) is 12.6 Å². The van der Waals surface area contributed by atoms with Crippen molar-refractivity contribution in [3.05, 3.63) is 11.1 Å². The summed E-state index contributed by atoms with van der Waals surface area (Å²) in [6.07, 6.45) is 2.70. The number of hydrogen-bond acceptors (Lipinski definition) is 2. The third-order valence-corrected chi connectivity index (χ3v) is 1.59. The monoisotopic (exact) mass is 125 g/mol. The number of nitrogens with zero attached hydrogens (tertiary/aromatic N) is 1. The molecule has 1 N–H and O–H groups in total. The summed E-state index contributed by atoms with van der Waals surface area (Å²) >= 11 is 0. The highest BCUT2D eigenvalue weighted by molar-refractivity contribution is 5.63. The average molecular weight is 125 g/mol. The zero-order valence-corrected chi connectivity index (χ0v) is 5.59. The molecule has 0 atom stereocenters. The van der Waals surface area contributed by atoms with E-state index in [-0.39, 0.29) is 6.61 Å². The van der Waals surface area contributed by atoms with Crippen molar-refractivity contribution in [3.63, 3.8) is 0 Å². The Hall–Kier alpha value is -0.630. The predicted octanol–water partition coefficient (Wildman–Crippen LogP) is 0.770. The highest BCUT2D eigenvalue weighted by atomic mass is 16.3. The molecule has 9 heavy (non-hydrogen) atoms. The van der Waals surface area contributed by atoms with Crippen LogP contribution in [-0.4, -0.2) is 24.5 Å². The normalized spacial score (nSPS) is 18.9. The summed E-state index contributed by atoms with van der Waals surface area (Å²) in [7, 11) is 0. The van der Waals surface area contributed by atoms with Gasteiger partial charge in [0.15, 0.2) is 0 Å². The van der Waals surface area contributed by atoms with Crippen LogP contribution in [0.5, 0.6) is 0 Å². The molecular formula is C7H11NO. The van der Waals surface area contributed by atoms with Crippen LogP contribution in [0.4, 0.5) is 0 Å². The first kappa shape index (κ1) is 6.49. The molecule has 0 radical (unpaired) electrons. The molecule has 2 nitrogen and oxygen atoms in total.